The number of benzene rings is 1. The first kappa shape index (κ1) is 14.3. The molecular weight excluding hydrogens is 278 g/mol. The highest BCUT2D eigenvalue weighted by molar-refractivity contribution is 5.13. The van der Waals surface area contributed by atoms with Crippen molar-refractivity contribution < 1.29 is 24.4 Å². The lowest BCUT2D eigenvalue weighted by Gasteiger charge is -2.41. The minimum atomic E-state index is -2.19. The molecule has 8 heteroatoms. The van der Waals surface area contributed by atoms with Crippen LogP contribution in [0.25, 0.3) is 10.4 Å². The first-order chi connectivity index (χ1) is 10.1. The number of nitrogens with zero attached hydrogens (tertiary/aromatic N) is 3. The maximum atomic E-state index is 10.3. The average Bonchev–Trinajstić information content (AvgIpc) is 2.95. The van der Waals surface area contributed by atoms with Crippen molar-refractivity contribution in [3.05, 3.63) is 46.3 Å². The van der Waals surface area contributed by atoms with Crippen LogP contribution in [-0.2, 0) is 20.8 Å². The topological polar surface area (TPSA) is 117 Å². The third-order valence-corrected chi connectivity index (χ3v) is 3.66. The quantitative estimate of drug-likeness (QED) is 0.481. The van der Waals surface area contributed by atoms with Crippen molar-refractivity contribution in [2.75, 3.05) is 6.61 Å². The molecule has 2 fully saturated rings. The molecule has 2 heterocycles. The Bertz CT molecular complexity index is 550. The van der Waals surface area contributed by atoms with Gasteiger partial charge in [-0.15, -0.1) is 0 Å². The van der Waals surface area contributed by atoms with Crippen LogP contribution in [0, 0.1) is 0 Å². The molecule has 0 aromatic heterocycles. The Morgan fingerprint density at radius 2 is 2.19 bits per heavy atom. The number of fused-ring (bicyclic) bond motifs is 2. The molecule has 0 unspecified atom stereocenters. The molecule has 3 rings (SSSR count). The van der Waals surface area contributed by atoms with Crippen molar-refractivity contribution in [2.24, 2.45) is 5.11 Å². The van der Waals surface area contributed by atoms with Gasteiger partial charge in [0.15, 0.2) is 6.29 Å². The molecule has 1 aromatic carbocycles. The van der Waals surface area contributed by atoms with Crippen LogP contribution in [0.2, 0.25) is 0 Å². The highest BCUT2D eigenvalue weighted by Gasteiger charge is 2.59. The standard InChI is InChI=1S/C13H15N3O5/c14-16-15-13(18)11(17)10(9-7-20-12(13)21-9)19-6-8-4-2-1-3-5-8/h1-5,9-12,17-18H,6-7H2/t9-,10-,11+,12-,13-/m1/s1. The fourth-order valence-corrected chi connectivity index (χ4v) is 2.54. The van der Waals surface area contributed by atoms with E-state index in [1.54, 1.807) is 0 Å². The normalized spacial score (nSPS) is 38.0. The molecule has 0 saturated carbocycles. The van der Waals surface area contributed by atoms with Gasteiger partial charge < -0.3 is 24.4 Å². The second kappa shape index (κ2) is 5.61. The number of rotatable bonds is 4. The van der Waals surface area contributed by atoms with Crippen molar-refractivity contribution >= 4 is 0 Å². The Labute approximate surface area is 120 Å². The Balaban J connectivity index is 1.76. The summed E-state index contributed by atoms with van der Waals surface area (Å²) in [4.78, 5) is 2.55. The van der Waals surface area contributed by atoms with Gasteiger partial charge in [0.1, 0.15) is 18.3 Å². The lowest BCUT2D eigenvalue weighted by Crippen LogP contribution is -2.62. The molecular formula is C13H15N3O5. The van der Waals surface area contributed by atoms with Crippen LogP contribution in [-0.4, -0.2) is 47.1 Å². The van der Waals surface area contributed by atoms with Gasteiger partial charge in [0.05, 0.1) is 13.2 Å². The van der Waals surface area contributed by atoms with E-state index in [1.807, 2.05) is 30.3 Å². The maximum absolute atomic E-state index is 10.3. The van der Waals surface area contributed by atoms with Crippen LogP contribution in [0.5, 0.6) is 0 Å². The SMILES string of the molecule is [N-]=[N+]=N[C@]1(O)[C@@H]2OC[C@@H](O2)[C@@H](OCc2ccccc2)[C@@H]1O. The van der Waals surface area contributed by atoms with Gasteiger partial charge in [-0.1, -0.05) is 35.4 Å². The fraction of sp³-hybridized carbons (Fsp3) is 0.538. The molecule has 0 spiro atoms. The van der Waals surface area contributed by atoms with Crippen LogP contribution in [0.15, 0.2) is 35.4 Å². The Morgan fingerprint density at radius 3 is 2.90 bits per heavy atom. The zero-order chi connectivity index (χ0) is 14.9. The molecule has 1 aromatic rings. The number of aliphatic hydroxyl groups is 2. The Kier molecular flexibility index (Phi) is 3.81. The van der Waals surface area contributed by atoms with Gasteiger partial charge in [-0.2, -0.15) is 0 Å². The molecule has 8 nitrogen and oxygen atoms in total. The summed E-state index contributed by atoms with van der Waals surface area (Å²) in [7, 11) is 0. The van der Waals surface area contributed by atoms with Crippen LogP contribution < -0.4 is 0 Å². The molecule has 2 saturated heterocycles. The smallest absolute Gasteiger partial charge is 0.223 e. The van der Waals surface area contributed by atoms with E-state index < -0.39 is 30.3 Å². The summed E-state index contributed by atoms with van der Waals surface area (Å²) in [5.41, 5.74) is 7.28. The lowest BCUT2D eigenvalue weighted by atomic mass is 9.95. The number of hydrogen-bond acceptors (Lipinski definition) is 6. The van der Waals surface area contributed by atoms with Crippen LogP contribution in [0.1, 0.15) is 5.56 Å². The van der Waals surface area contributed by atoms with E-state index in [0.29, 0.717) is 0 Å². The minimum Gasteiger partial charge on any atom is -0.387 e. The van der Waals surface area contributed by atoms with Gasteiger partial charge in [0.2, 0.25) is 5.72 Å². The van der Waals surface area contributed by atoms with Crippen molar-refractivity contribution in [3.63, 3.8) is 0 Å². The second-order valence-corrected chi connectivity index (χ2v) is 5.02. The van der Waals surface area contributed by atoms with Crippen LogP contribution in [0.3, 0.4) is 0 Å². The second-order valence-electron chi connectivity index (χ2n) is 5.02. The third-order valence-electron chi connectivity index (χ3n) is 3.66. The molecule has 0 aliphatic carbocycles. The number of ether oxygens (including phenoxy) is 3. The van der Waals surface area contributed by atoms with Crippen molar-refractivity contribution in [3.8, 4) is 0 Å². The number of hydrogen-bond donors (Lipinski definition) is 2. The van der Waals surface area contributed by atoms with Gasteiger partial charge in [-0.05, 0) is 11.1 Å². The van der Waals surface area contributed by atoms with E-state index in [4.69, 9.17) is 19.7 Å². The van der Waals surface area contributed by atoms with Gasteiger partial charge in [-0.3, -0.25) is 0 Å². The van der Waals surface area contributed by atoms with Gasteiger partial charge in [-0.25, -0.2) is 0 Å². The van der Waals surface area contributed by atoms with E-state index in [2.05, 4.69) is 10.0 Å². The summed E-state index contributed by atoms with van der Waals surface area (Å²) in [5, 5.41) is 23.8. The van der Waals surface area contributed by atoms with Gasteiger partial charge in [0, 0.05) is 4.91 Å². The third kappa shape index (κ3) is 2.49. The number of aliphatic hydroxyl groups excluding tert-OH is 1. The lowest BCUT2D eigenvalue weighted by molar-refractivity contribution is -0.287. The first-order valence-corrected chi connectivity index (χ1v) is 6.54. The summed E-state index contributed by atoms with van der Waals surface area (Å²) in [5.74, 6) is 0. The summed E-state index contributed by atoms with van der Waals surface area (Å²) in [6, 6.07) is 9.39. The minimum absolute atomic E-state index is 0.157. The molecule has 2 N–H and O–H groups in total. The Hall–Kier alpha value is -1.67. The fourth-order valence-electron chi connectivity index (χ4n) is 2.54. The molecule has 21 heavy (non-hydrogen) atoms. The molecule has 2 bridgehead atoms. The summed E-state index contributed by atoms with van der Waals surface area (Å²) < 4.78 is 16.3. The summed E-state index contributed by atoms with van der Waals surface area (Å²) in [6.45, 7) is 0.393. The number of azide groups is 1. The van der Waals surface area contributed by atoms with Crippen molar-refractivity contribution in [2.45, 2.75) is 36.9 Å². The predicted molar refractivity (Wildman–Crippen MR) is 69.7 cm³/mol. The molecule has 112 valence electrons. The van der Waals surface area contributed by atoms with Gasteiger partial charge >= 0.3 is 0 Å². The highest BCUT2D eigenvalue weighted by atomic mass is 16.8. The van der Waals surface area contributed by atoms with Crippen LogP contribution in [0.4, 0.5) is 0 Å². The molecule has 0 radical (unpaired) electrons. The Morgan fingerprint density at radius 1 is 1.43 bits per heavy atom. The van der Waals surface area contributed by atoms with E-state index in [-0.39, 0.29) is 13.2 Å². The van der Waals surface area contributed by atoms with Crippen molar-refractivity contribution in [1.29, 1.82) is 0 Å². The average molecular weight is 293 g/mol. The largest absolute Gasteiger partial charge is 0.387 e. The first-order valence-electron chi connectivity index (χ1n) is 6.54. The monoisotopic (exact) mass is 293 g/mol. The molecule has 2 aliphatic heterocycles. The zero-order valence-electron chi connectivity index (χ0n) is 11.1. The molecule has 5 atom stereocenters. The zero-order valence-corrected chi connectivity index (χ0v) is 11.1. The van der Waals surface area contributed by atoms with E-state index in [1.165, 1.54) is 0 Å². The van der Waals surface area contributed by atoms with E-state index in [0.717, 1.165) is 5.56 Å². The highest BCUT2D eigenvalue weighted by Crippen LogP contribution is 2.38. The van der Waals surface area contributed by atoms with E-state index >= 15 is 0 Å². The maximum Gasteiger partial charge on any atom is 0.223 e. The van der Waals surface area contributed by atoms with Crippen molar-refractivity contribution in [1.82, 2.24) is 0 Å². The summed E-state index contributed by atoms with van der Waals surface area (Å²) >= 11 is 0. The van der Waals surface area contributed by atoms with E-state index in [9.17, 15) is 10.2 Å². The predicted octanol–water partition coefficient (Wildman–Crippen LogP) is 0.687. The van der Waals surface area contributed by atoms with Crippen LogP contribution >= 0.6 is 0 Å². The summed E-state index contributed by atoms with van der Waals surface area (Å²) in [6.07, 6.45) is -3.96. The molecule has 2 aliphatic rings. The van der Waals surface area contributed by atoms with Gasteiger partial charge in [0.25, 0.3) is 0 Å². The molecule has 0 amide bonds.